The van der Waals surface area contributed by atoms with Crippen LogP contribution < -0.4 is 14.8 Å². The first-order valence-corrected chi connectivity index (χ1v) is 8.37. The highest BCUT2D eigenvalue weighted by Gasteiger charge is 2.48. The van der Waals surface area contributed by atoms with E-state index in [0.29, 0.717) is 36.3 Å². The average Bonchev–Trinajstić information content (AvgIpc) is 2.58. The van der Waals surface area contributed by atoms with Gasteiger partial charge in [0.25, 0.3) is 5.91 Å². The Hall–Kier alpha value is -1.82. The Morgan fingerprint density at radius 1 is 1.26 bits per heavy atom. The second kappa shape index (κ2) is 5.37. The lowest BCUT2D eigenvalue weighted by atomic mass is 9.72. The predicted molar refractivity (Wildman–Crippen MR) is 84.9 cm³/mol. The summed E-state index contributed by atoms with van der Waals surface area (Å²) >= 11 is 0. The van der Waals surface area contributed by atoms with Gasteiger partial charge in [-0.2, -0.15) is 0 Å². The van der Waals surface area contributed by atoms with E-state index >= 15 is 0 Å². The molecule has 0 radical (unpaired) electrons. The molecule has 1 amide bonds. The van der Waals surface area contributed by atoms with Crippen molar-refractivity contribution < 1.29 is 14.3 Å². The number of hydrogen-bond donors (Lipinski definition) is 1. The summed E-state index contributed by atoms with van der Waals surface area (Å²) in [6.45, 7) is 7.73. The molecule has 0 saturated carbocycles. The minimum atomic E-state index is -0.131. The van der Waals surface area contributed by atoms with Crippen LogP contribution in [-0.2, 0) is 0 Å². The maximum Gasteiger partial charge on any atom is 0.270 e. The number of rotatable bonds is 2. The fraction of sp³-hybridized carbons (Fsp3) is 0.647. The Morgan fingerprint density at radius 2 is 1.96 bits per heavy atom. The van der Waals surface area contributed by atoms with Gasteiger partial charge in [0, 0.05) is 17.6 Å². The summed E-state index contributed by atoms with van der Waals surface area (Å²) in [6, 6.07) is 1.84. The number of pyridine rings is 1. The van der Waals surface area contributed by atoms with Crippen molar-refractivity contribution in [2.45, 2.75) is 38.3 Å². The van der Waals surface area contributed by atoms with Crippen LogP contribution in [0.2, 0.25) is 0 Å². The van der Waals surface area contributed by atoms with Gasteiger partial charge in [0.2, 0.25) is 0 Å². The van der Waals surface area contributed by atoms with E-state index in [1.54, 1.807) is 12.3 Å². The van der Waals surface area contributed by atoms with Crippen molar-refractivity contribution in [2.24, 2.45) is 5.92 Å². The molecule has 1 N–H and O–H groups in total. The number of carbonyl (C=O) groups excluding carboxylic acids is 1. The molecular weight excluding hydrogens is 294 g/mol. The maximum atomic E-state index is 12.7. The molecule has 23 heavy (non-hydrogen) atoms. The minimum absolute atomic E-state index is 0.00928. The molecule has 5 heterocycles. The summed E-state index contributed by atoms with van der Waals surface area (Å²) in [5.74, 6) is 1.63. The van der Waals surface area contributed by atoms with Gasteiger partial charge in [-0.25, -0.2) is 4.98 Å². The van der Waals surface area contributed by atoms with E-state index in [2.05, 4.69) is 29.0 Å². The molecule has 6 nitrogen and oxygen atoms in total. The molecule has 0 aromatic carbocycles. The van der Waals surface area contributed by atoms with Crippen LogP contribution in [0.25, 0.3) is 0 Å². The summed E-state index contributed by atoms with van der Waals surface area (Å²) in [5, 5.41) is 3.22. The summed E-state index contributed by atoms with van der Waals surface area (Å²) in [4.78, 5) is 19.4. The maximum absolute atomic E-state index is 12.7. The zero-order chi connectivity index (χ0) is 16.0. The first kappa shape index (κ1) is 14.8. The largest absolute Gasteiger partial charge is 0.486 e. The van der Waals surface area contributed by atoms with Crippen molar-refractivity contribution in [1.29, 1.82) is 0 Å². The fourth-order valence-electron chi connectivity index (χ4n) is 4.17. The number of carbonyl (C=O) groups is 1. The molecule has 0 aliphatic carbocycles. The molecule has 3 fully saturated rings. The monoisotopic (exact) mass is 317 g/mol. The van der Waals surface area contributed by atoms with Crippen LogP contribution in [-0.4, -0.2) is 53.7 Å². The van der Waals surface area contributed by atoms with Crippen molar-refractivity contribution in [3.8, 4) is 11.5 Å². The molecule has 2 bridgehead atoms. The number of aromatic nitrogens is 1. The fourth-order valence-corrected chi connectivity index (χ4v) is 4.17. The first-order chi connectivity index (χ1) is 11.1. The smallest absolute Gasteiger partial charge is 0.270 e. The average molecular weight is 317 g/mol. The third-order valence-corrected chi connectivity index (χ3v) is 5.54. The van der Waals surface area contributed by atoms with E-state index in [9.17, 15) is 4.79 Å². The number of amides is 1. The first-order valence-electron chi connectivity index (χ1n) is 8.37. The molecule has 4 aliphatic heterocycles. The van der Waals surface area contributed by atoms with Crippen LogP contribution in [0.4, 0.5) is 0 Å². The summed E-state index contributed by atoms with van der Waals surface area (Å²) in [5.41, 5.74) is 0.381. The highest BCUT2D eigenvalue weighted by Crippen LogP contribution is 2.39. The van der Waals surface area contributed by atoms with Crippen LogP contribution in [0.1, 0.15) is 37.2 Å². The molecule has 3 saturated heterocycles. The van der Waals surface area contributed by atoms with E-state index < -0.39 is 0 Å². The molecular formula is C17H23N3O3. The van der Waals surface area contributed by atoms with Crippen molar-refractivity contribution >= 4 is 5.91 Å². The minimum Gasteiger partial charge on any atom is -0.486 e. The van der Waals surface area contributed by atoms with Crippen molar-refractivity contribution in [3.63, 3.8) is 0 Å². The Bertz CT molecular complexity index is 624. The number of fused-ring (bicyclic) bond motifs is 4. The number of ether oxygens (including phenoxy) is 2. The molecule has 1 aromatic rings. The highest BCUT2D eigenvalue weighted by atomic mass is 16.6. The Kier molecular flexibility index (Phi) is 3.44. The molecule has 1 aromatic heterocycles. The molecule has 124 valence electrons. The lowest BCUT2D eigenvalue weighted by Crippen LogP contribution is -2.69. The number of nitrogens with one attached hydrogen (secondary N) is 1. The van der Waals surface area contributed by atoms with Crippen LogP contribution in [0, 0.1) is 5.92 Å². The Morgan fingerprint density at radius 3 is 2.65 bits per heavy atom. The highest BCUT2D eigenvalue weighted by molar-refractivity contribution is 5.93. The molecule has 0 spiro atoms. The van der Waals surface area contributed by atoms with Gasteiger partial charge in [0.05, 0.1) is 6.20 Å². The van der Waals surface area contributed by atoms with E-state index in [1.165, 1.54) is 0 Å². The van der Waals surface area contributed by atoms with Gasteiger partial charge in [-0.3, -0.25) is 9.69 Å². The van der Waals surface area contributed by atoms with E-state index in [1.807, 2.05) is 0 Å². The number of piperidine rings is 3. The topological polar surface area (TPSA) is 63.7 Å². The zero-order valence-corrected chi connectivity index (χ0v) is 13.7. The number of hydrogen-bond acceptors (Lipinski definition) is 5. The lowest BCUT2D eigenvalue weighted by Gasteiger charge is -2.56. The van der Waals surface area contributed by atoms with Gasteiger partial charge in [-0.15, -0.1) is 0 Å². The van der Waals surface area contributed by atoms with Gasteiger partial charge < -0.3 is 14.8 Å². The SMILES string of the molecule is CC1(C)C(NC(=O)c2cc3c(cn2)OCCO3)C2CCN1CC2. The van der Waals surface area contributed by atoms with Crippen LogP contribution in [0.15, 0.2) is 12.3 Å². The molecule has 6 heteroatoms. The molecule has 1 unspecified atom stereocenters. The van der Waals surface area contributed by atoms with Crippen LogP contribution >= 0.6 is 0 Å². The standard InChI is InChI=1S/C17H23N3O3/c1-17(2)15(11-3-5-20(17)6-4-11)19-16(21)12-9-13-14(10-18-12)23-8-7-22-13/h9-11,15H,3-8H2,1-2H3,(H,19,21). The Balaban J connectivity index is 1.53. The van der Waals surface area contributed by atoms with E-state index in [0.717, 1.165) is 25.9 Å². The van der Waals surface area contributed by atoms with Gasteiger partial charge in [-0.1, -0.05) is 0 Å². The van der Waals surface area contributed by atoms with Gasteiger partial charge in [-0.05, 0) is 45.7 Å². The lowest BCUT2D eigenvalue weighted by molar-refractivity contribution is -0.0378. The van der Waals surface area contributed by atoms with Crippen molar-refractivity contribution in [1.82, 2.24) is 15.2 Å². The van der Waals surface area contributed by atoms with E-state index in [4.69, 9.17) is 9.47 Å². The third-order valence-electron chi connectivity index (χ3n) is 5.54. The number of nitrogens with zero attached hydrogens (tertiary/aromatic N) is 2. The molecule has 4 aliphatic rings. The second-order valence-electron chi connectivity index (χ2n) is 7.14. The van der Waals surface area contributed by atoms with Crippen molar-refractivity contribution in [2.75, 3.05) is 26.3 Å². The molecule has 1 atom stereocenters. The summed E-state index contributed by atoms with van der Waals surface area (Å²) < 4.78 is 11.0. The van der Waals surface area contributed by atoms with Gasteiger partial charge in [0.15, 0.2) is 11.5 Å². The quantitative estimate of drug-likeness (QED) is 0.894. The second-order valence-corrected chi connectivity index (χ2v) is 7.14. The van der Waals surface area contributed by atoms with E-state index in [-0.39, 0.29) is 17.5 Å². The van der Waals surface area contributed by atoms with Crippen LogP contribution in [0.5, 0.6) is 11.5 Å². The summed E-state index contributed by atoms with van der Waals surface area (Å²) in [6.07, 6.45) is 3.89. The van der Waals surface area contributed by atoms with Gasteiger partial charge >= 0.3 is 0 Å². The van der Waals surface area contributed by atoms with Crippen molar-refractivity contribution in [3.05, 3.63) is 18.0 Å². The molecule has 5 rings (SSSR count). The Labute approximate surface area is 136 Å². The van der Waals surface area contributed by atoms with Gasteiger partial charge in [0.1, 0.15) is 18.9 Å². The summed E-state index contributed by atoms with van der Waals surface area (Å²) in [7, 11) is 0. The van der Waals surface area contributed by atoms with Crippen LogP contribution in [0.3, 0.4) is 0 Å². The normalized spacial score (nSPS) is 30.8. The zero-order valence-electron chi connectivity index (χ0n) is 13.7. The predicted octanol–water partition coefficient (Wildman–Crippen LogP) is 1.46. The third kappa shape index (κ3) is 2.45.